The zero-order valence-corrected chi connectivity index (χ0v) is 7.50. The first-order valence-electron chi connectivity index (χ1n) is 3.73. The fourth-order valence-corrected chi connectivity index (χ4v) is 0.893. The van der Waals surface area contributed by atoms with E-state index >= 15 is 0 Å². The Kier molecular flexibility index (Phi) is 3.13. The number of aromatic hydroxyl groups is 1. The summed E-state index contributed by atoms with van der Waals surface area (Å²) in [5, 5.41) is 9.05. The van der Waals surface area contributed by atoms with Crippen LogP contribution in [0.15, 0.2) is 6.07 Å². The van der Waals surface area contributed by atoms with Crippen molar-refractivity contribution in [1.82, 2.24) is 4.98 Å². The van der Waals surface area contributed by atoms with Gasteiger partial charge >= 0.3 is 5.97 Å². The van der Waals surface area contributed by atoms with E-state index in [0.717, 1.165) is 7.11 Å². The van der Waals surface area contributed by atoms with Crippen LogP contribution in [-0.2, 0) is 4.74 Å². The molecule has 0 unspecified atom stereocenters. The van der Waals surface area contributed by atoms with Crippen LogP contribution in [0.25, 0.3) is 0 Å². The fraction of sp³-hybridized carbons (Fsp3) is 0.250. The highest BCUT2D eigenvalue weighted by Crippen LogP contribution is 2.25. The van der Waals surface area contributed by atoms with Crippen molar-refractivity contribution in [3.05, 3.63) is 23.3 Å². The van der Waals surface area contributed by atoms with Crippen molar-refractivity contribution in [3.8, 4) is 5.75 Å². The number of alkyl halides is 2. The molecular formula is C8H6F3NO3. The van der Waals surface area contributed by atoms with Gasteiger partial charge in [0.2, 0.25) is 0 Å². The lowest BCUT2D eigenvalue weighted by molar-refractivity contribution is 0.0588. The molecule has 0 bridgehead atoms. The number of rotatable bonds is 2. The molecule has 1 aromatic rings. The Morgan fingerprint density at radius 1 is 1.60 bits per heavy atom. The number of hydrogen-bond donors (Lipinski definition) is 1. The summed E-state index contributed by atoms with van der Waals surface area (Å²) >= 11 is 0. The third kappa shape index (κ3) is 2.17. The Morgan fingerprint density at radius 3 is 2.67 bits per heavy atom. The lowest BCUT2D eigenvalue weighted by Gasteiger charge is -2.05. The van der Waals surface area contributed by atoms with Crippen molar-refractivity contribution >= 4 is 5.97 Å². The minimum atomic E-state index is -3.17. The first-order chi connectivity index (χ1) is 6.97. The molecule has 0 saturated carbocycles. The molecule has 15 heavy (non-hydrogen) atoms. The Hall–Kier alpha value is -1.79. The largest absolute Gasteiger partial charge is 0.505 e. The molecule has 0 spiro atoms. The molecule has 0 radical (unpaired) electrons. The summed E-state index contributed by atoms with van der Waals surface area (Å²) in [7, 11) is 0.981. The standard InChI is InChI=1S/C8H6F3NO3/c1-15-8(14)6-4(13)2-3(9)5(12-6)7(10)11/h2,7,13H,1H3. The monoisotopic (exact) mass is 221 g/mol. The molecule has 0 atom stereocenters. The molecular weight excluding hydrogens is 215 g/mol. The molecule has 0 aliphatic rings. The maximum absolute atomic E-state index is 12.8. The van der Waals surface area contributed by atoms with Gasteiger partial charge in [-0.05, 0) is 0 Å². The summed E-state index contributed by atoms with van der Waals surface area (Å²) in [6.07, 6.45) is -3.17. The number of pyridine rings is 1. The molecule has 0 saturated heterocycles. The van der Waals surface area contributed by atoms with E-state index < -0.39 is 35.3 Å². The number of halogens is 3. The SMILES string of the molecule is COC(=O)c1nc(C(F)F)c(F)cc1O. The third-order valence-corrected chi connectivity index (χ3v) is 1.57. The van der Waals surface area contributed by atoms with Crippen LogP contribution in [0.4, 0.5) is 13.2 Å². The fourth-order valence-electron chi connectivity index (χ4n) is 0.893. The average Bonchev–Trinajstić information content (AvgIpc) is 2.16. The Morgan fingerprint density at radius 2 is 2.20 bits per heavy atom. The van der Waals surface area contributed by atoms with Gasteiger partial charge in [-0.25, -0.2) is 22.9 Å². The number of methoxy groups -OCH3 is 1. The smallest absolute Gasteiger partial charge is 0.360 e. The van der Waals surface area contributed by atoms with Crippen LogP contribution in [0.5, 0.6) is 5.75 Å². The third-order valence-electron chi connectivity index (χ3n) is 1.57. The van der Waals surface area contributed by atoms with Gasteiger partial charge in [0.05, 0.1) is 7.11 Å². The quantitative estimate of drug-likeness (QED) is 0.771. The normalized spacial score (nSPS) is 10.5. The summed E-state index contributed by atoms with van der Waals surface area (Å²) in [6.45, 7) is 0. The highest BCUT2D eigenvalue weighted by molar-refractivity contribution is 5.90. The first kappa shape index (κ1) is 11.3. The van der Waals surface area contributed by atoms with Crippen LogP contribution in [-0.4, -0.2) is 23.2 Å². The Labute approximate surface area is 82.3 Å². The molecule has 4 nitrogen and oxygen atoms in total. The summed E-state index contributed by atoms with van der Waals surface area (Å²) in [6, 6.07) is 0.390. The van der Waals surface area contributed by atoms with E-state index in [1.54, 1.807) is 0 Å². The van der Waals surface area contributed by atoms with Crippen LogP contribution in [0, 0.1) is 5.82 Å². The molecule has 1 aromatic heterocycles. The molecule has 0 aliphatic carbocycles. The van der Waals surface area contributed by atoms with E-state index in [4.69, 9.17) is 5.11 Å². The van der Waals surface area contributed by atoms with E-state index in [-0.39, 0.29) is 0 Å². The van der Waals surface area contributed by atoms with Crippen molar-refractivity contribution < 1.29 is 27.8 Å². The van der Waals surface area contributed by atoms with Gasteiger partial charge in [-0.2, -0.15) is 0 Å². The van der Waals surface area contributed by atoms with Crippen molar-refractivity contribution in [1.29, 1.82) is 0 Å². The van der Waals surface area contributed by atoms with Gasteiger partial charge in [-0.1, -0.05) is 0 Å². The summed E-state index contributed by atoms with van der Waals surface area (Å²) in [4.78, 5) is 13.9. The van der Waals surface area contributed by atoms with E-state index in [2.05, 4.69) is 9.72 Å². The van der Waals surface area contributed by atoms with Crippen LogP contribution in [0.3, 0.4) is 0 Å². The van der Waals surface area contributed by atoms with E-state index in [1.165, 1.54) is 0 Å². The average molecular weight is 221 g/mol. The van der Waals surface area contributed by atoms with Crippen LogP contribution >= 0.6 is 0 Å². The van der Waals surface area contributed by atoms with Crippen molar-refractivity contribution in [3.63, 3.8) is 0 Å². The second-order valence-corrected chi connectivity index (χ2v) is 2.52. The number of ether oxygens (including phenoxy) is 1. The molecule has 1 rings (SSSR count). The number of aromatic nitrogens is 1. The summed E-state index contributed by atoms with van der Waals surface area (Å²) in [5.41, 5.74) is -1.94. The van der Waals surface area contributed by atoms with Crippen molar-refractivity contribution in [2.24, 2.45) is 0 Å². The number of nitrogens with zero attached hydrogens (tertiary/aromatic N) is 1. The van der Waals surface area contributed by atoms with E-state index in [0.29, 0.717) is 6.07 Å². The summed E-state index contributed by atoms with van der Waals surface area (Å²) in [5.74, 6) is -3.34. The topological polar surface area (TPSA) is 59.4 Å². The van der Waals surface area contributed by atoms with Crippen LogP contribution in [0.2, 0.25) is 0 Å². The van der Waals surface area contributed by atoms with Gasteiger partial charge in [0, 0.05) is 6.07 Å². The maximum atomic E-state index is 12.8. The molecule has 1 N–H and O–H groups in total. The highest BCUT2D eigenvalue weighted by atomic mass is 19.3. The number of esters is 1. The lowest BCUT2D eigenvalue weighted by atomic mass is 10.2. The lowest BCUT2D eigenvalue weighted by Crippen LogP contribution is -2.08. The number of carbonyl (C=O) groups is 1. The van der Waals surface area contributed by atoms with Crippen LogP contribution < -0.4 is 0 Å². The maximum Gasteiger partial charge on any atom is 0.360 e. The molecule has 0 amide bonds. The van der Waals surface area contributed by atoms with Gasteiger partial charge in [0.1, 0.15) is 5.69 Å². The molecule has 7 heteroatoms. The number of carbonyl (C=O) groups excluding carboxylic acids is 1. The Bertz CT molecular complexity index is 395. The van der Waals surface area contributed by atoms with Crippen molar-refractivity contribution in [2.45, 2.75) is 6.43 Å². The predicted molar refractivity (Wildman–Crippen MR) is 42.2 cm³/mol. The second-order valence-electron chi connectivity index (χ2n) is 2.52. The minimum absolute atomic E-state index is 0.390. The van der Waals surface area contributed by atoms with Crippen molar-refractivity contribution in [2.75, 3.05) is 7.11 Å². The molecule has 82 valence electrons. The minimum Gasteiger partial charge on any atom is -0.505 e. The summed E-state index contributed by atoms with van der Waals surface area (Å²) < 4.78 is 41.3. The van der Waals surface area contributed by atoms with E-state index in [9.17, 15) is 18.0 Å². The zero-order chi connectivity index (χ0) is 11.6. The van der Waals surface area contributed by atoms with Gasteiger partial charge in [0.15, 0.2) is 17.3 Å². The van der Waals surface area contributed by atoms with Gasteiger partial charge < -0.3 is 9.84 Å². The van der Waals surface area contributed by atoms with E-state index in [1.807, 2.05) is 0 Å². The van der Waals surface area contributed by atoms with Gasteiger partial charge in [-0.3, -0.25) is 0 Å². The second kappa shape index (κ2) is 4.16. The molecule has 0 aromatic carbocycles. The highest BCUT2D eigenvalue weighted by Gasteiger charge is 2.22. The van der Waals surface area contributed by atoms with Gasteiger partial charge in [0.25, 0.3) is 6.43 Å². The predicted octanol–water partition coefficient (Wildman–Crippen LogP) is 1.65. The van der Waals surface area contributed by atoms with Crippen LogP contribution in [0.1, 0.15) is 22.6 Å². The first-order valence-corrected chi connectivity index (χ1v) is 3.73. The van der Waals surface area contributed by atoms with Gasteiger partial charge in [-0.15, -0.1) is 0 Å². The number of hydrogen-bond acceptors (Lipinski definition) is 4. The zero-order valence-electron chi connectivity index (χ0n) is 7.50. The Balaban J connectivity index is 3.29. The molecule has 0 fully saturated rings. The molecule has 0 aliphatic heterocycles. The molecule has 1 heterocycles.